The fourth-order valence-electron chi connectivity index (χ4n) is 1.83. The quantitative estimate of drug-likeness (QED) is 0.689. The Labute approximate surface area is 126 Å². The van der Waals surface area contributed by atoms with Crippen LogP contribution < -0.4 is 0 Å². The van der Waals surface area contributed by atoms with E-state index in [9.17, 15) is 4.79 Å². The van der Waals surface area contributed by atoms with Crippen molar-refractivity contribution in [2.24, 2.45) is 0 Å². The minimum Gasteiger partial charge on any atom is -0.452 e. The molecule has 0 atom stereocenters. The summed E-state index contributed by atoms with van der Waals surface area (Å²) in [7, 11) is 0. The van der Waals surface area contributed by atoms with Crippen LogP contribution >= 0.6 is 0 Å². The van der Waals surface area contributed by atoms with Crippen molar-refractivity contribution in [2.75, 3.05) is 0 Å². The van der Waals surface area contributed by atoms with Gasteiger partial charge < -0.3 is 9.26 Å². The number of aromatic nitrogens is 3. The van der Waals surface area contributed by atoms with Crippen molar-refractivity contribution in [1.29, 1.82) is 0 Å². The summed E-state index contributed by atoms with van der Waals surface area (Å²) in [5.74, 6) is 0.225. The molecule has 0 saturated carbocycles. The van der Waals surface area contributed by atoms with Crippen molar-refractivity contribution in [1.82, 2.24) is 15.1 Å². The first-order valence-corrected chi connectivity index (χ1v) is 6.69. The number of hydrogen-bond acceptors (Lipinski definition) is 6. The zero-order valence-electron chi connectivity index (χ0n) is 11.9. The second-order valence-electron chi connectivity index (χ2n) is 4.70. The second-order valence-corrected chi connectivity index (χ2v) is 4.70. The highest BCUT2D eigenvalue weighted by atomic mass is 16.6. The number of esters is 1. The van der Waals surface area contributed by atoms with Crippen LogP contribution in [0.5, 0.6) is 0 Å². The van der Waals surface area contributed by atoms with Crippen LogP contribution in [0.3, 0.4) is 0 Å². The highest BCUT2D eigenvalue weighted by Crippen LogP contribution is 2.16. The molecule has 0 spiro atoms. The van der Waals surface area contributed by atoms with Crippen molar-refractivity contribution in [3.63, 3.8) is 0 Å². The van der Waals surface area contributed by atoms with E-state index in [1.165, 1.54) is 6.20 Å². The molecule has 0 N–H and O–H groups in total. The monoisotopic (exact) mass is 295 g/mol. The first kappa shape index (κ1) is 13.9. The van der Waals surface area contributed by atoms with E-state index in [1.54, 1.807) is 18.3 Å². The summed E-state index contributed by atoms with van der Waals surface area (Å²) in [4.78, 5) is 19.8. The van der Waals surface area contributed by atoms with E-state index >= 15 is 0 Å². The molecule has 0 aliphatic rings. The van der Waals surface area contributed by atoms with Crippen LogP contribution in [0.25, 0.3) is 11.4 Å². The lowest BCUT2D eigenvalue weighted by molar-refractivity contribution is 0.0429. The minimum atomic E-state index is -0.483. The largest absolute Gasteiger partial charge is 0.452 e. The predicted molar refractivity (Wildman–Crippen MR) is 77.8 cm³/mol. The van der Waals surface area contributed by atoms with Crippen LogP contribution in [0, 0.1) is 6.92 Å². The number of rotatable bonds is 4. The van der Waals surface area contributed by atoms with E-state index in [0.717, 1.165) is 11.1 Å². The van der Waals surface area contributed by atoms with E-state index in [-0.39, 0.29) is 12.5 Å². The summed E-state index contributed by atoms with van der Waals surface area (Å²) in [5.41, 5.74) is 2.37. The molecule has 110 valence electrons. The van der Waals surface area contributed by atoms with Crippen LogP contribution in [0.15, 0.2) is 53.3 Å². The highest BCUT2D eigenvalue weighted by Gasteiger charge is 2.12. The Morgan fingerprint density at radius 2 is 2.05 bits per heavy atom. The van der Waals surface area contributed by atoms with E-state index in [2.05, 4.69) is 15.1 Å². The summed E-state index contributed by atoms with van der Waals surface area (Å²) in [5, 5.41) is 3.88. The van der Waals surface area contributed by atoms with Gasteiger partial charge in [0.05, 0.1) is 5.56 Å². The number of nitrogens with zero attached hydrogens (tertiary/aromatic N) is 3. The molecule has 2 heterocycles. The molecule has 2 aromatic heterocycles. The van der Waals surface area contributed by atoms with Crippen molar-refractivity contribution in [2.45, 2.75) is 13.5 Å². The molecule has 3 aromatic rings. The van der Waals surface area contributed by atoms with Gasteiger partial charge in [-0.05, 0) is 19.1 Å². The number of aryl methyl sites for hydroxylation is 1. The molecular weight excluding hydrogens is 282 g/mol. The fraction of sp³-hybridized carbons (Fsp3) is 0.125. The van der Waals surface area contributed by atoms with Crippen molar-refractivity contribution < 1.29 is 14.1 Å². The molecule has 0 radical (unpaired) electrons. The molecule has 0 amide bonds. The van der Waals surface area contributed by atoms with Crippen LogP contribution in [0.2, 0.25) is 0 Å². The Hall–Kier alpha value is -3.02. The topological polar surface area (TPSA) is 78.1 Å². The summed E-state index contributed by atoms with van der Waals surface area (Å²) in [6, 6.07) is 11.0. The molecule has 0 unspecified atom stereocenters. The van der Waals surface area contributed by atoms with Gasteiger partial charge >= 0.3 is 5.97 Å². The second kappa shape index (κ2) is 6.17. The van der Waals surface area contributed by atoms with Gasteiger partial charge in [0.25, 0.3) is 5.89 Å². The van der Waals surface area contributed by atoms with Gasteiger partial charge in [-0.25, -0.2) is 4.79 Å². The molecule has 6 nitrogen and oxygen atoms in total. The molecule has 3 rings (SSSR count). The minimum absolute atomic E-state index is 0.0768. The molecule has 0 bridgehead atoms. The average Bonchev–Trinajstić information content (AvgIpc) is 3.03. The molecule has 6 heteroatoms. The molecular formula is C16H13N3O3. The first-order chi connectivity index (χ1) is 10.7. The van der Waals surface area contributed by atoms with Crippen LogP contribution in [-0.4, -0.2) is 21.1 Å². The lowest BCUT2D eigenvalue weighted by Gasteiger charge is -2.00. The number of pyridine rings is 1. The van der Waals surface area contributed by atoms with E-state index in [1.807, 2.05) is 31.2 Å². The van der Waals surface area contributed by atoms with Crippen LogP contribution in [0.1, 0.15) is 21.8 Å². The Balaban J connectivity index is 1.65. The van der Waals surface area contributed by atoms with E-state index < -0.39 is 5.97 Å². The van der Waals surface area contributed by atoms with Gasteiger partial charge in [-0.1, -0.05) is 35.0 Å². The first-order valence-electron chi connectivity index (χ1n) is 6.69. The molecule has 0 aliphatic heterocycles. The highest BCUT2D eigenvalue weighted by molar-refractivity contribution is 5.88. The third kappa shape index (κ3) is 3.17. The third-order valence-corrected chi connectivity index (χ3v) is 3.00. The normalized spacial score (nSPS) is 10.4. The third-order valence-electron chi connectivity index (χ3n) is 3.00. The number of ether oxygens (including phenoxy) is 1. The average molecular weight is 295 g/mol. The predicted octanol–water partition coefficient (Wildman–Crippen LogP) is 2.80. The zero-order chi connectivity index (χ0) is 15.4. The summed E-state index contributed by atoms with van der Waals surface area (Å²) in [6.07, 6.45) is 3.02. The number of benzene rings is 1. The van der Waals surface area contributed by atoms with Gasteiger partial charge in [0, 0.05) is 18.0 Å². The Morgan fingerprint density at radius 1 is 1.23 bits per heavy atom. The fourth-order valence-corrected chi connectivity index (χ4v) is 1.83. The Bertz CT molecular complexity index is 767. The van der Waals surface area contributed by atoms with Gasteiger partial charge in [-0.2, -0.15) is 4.98 Å². The number of hydrogen-bond donors (Lipinski definition) is 0. The van der Waals surface area contributed by atoms with Gasteiger partial charge in [0.15, 0.2) is 6.61 Å². The van der Waals surface area contributed by atoms with Crippen molar-refractivity contribution in [3.05, 3.63) is 65.8 Å². The van der Waals surface area contributed by atoms with Gasteiger partial charge in [0.1, 0.15) is 0 Å². The van der Waals surface area contributed by atoms with Crippen LogP contribution in [0.4, 0.5) is 0 Å². The molecule has 1 aromatic carbocycles. The van der Waals surface area contributed by atoms with Crippen LogP contribution in [-0.2, 0) is 11.3 Å². The summed E-state index contributed by atoms with van der Waals surface area (Å²) >= 11 is 0. The van der Waals surface area contributed by atoms with E-state index in [4.69, 9.17) is 9.26 Å². The van der Waals surface area contributed by atoms with Crippen molar-refractivity contribution >= 4 is 5.97 Å². The Kier molecular flexibility index (Phi) is 3.91. The molecule has 0 fully saturated rings. The summed E-state index contributed by atoms with van der Waals surface area (Å²) < 4.78 is 10.2. The van der Waals surface area contributed by atoms with Gasteiger partial charge in [-0.3, -0.25) is 4.98 Å². The maximum atomic E-state index is 11.8. The maximum Gasteiger partial charge on any atom is 0.340 e. The molecule has 22 heavy (non-hydrogen) atoms. The zero-order valence-corrected chi connectivity index (χ0v) is 11.9. The Morgan fingerprint density at radius 3 is 2.77 bits per heavy atom. The smallest absolute Gasteiger partial charge is 0.340 e. The lowest BCUT2D eigenvalue weighted by Crippen LogP contribution is -2.05. The van der Waals surface area contributed by atoms with Gasteiger partial charge in [0.2, 0.25) is 5.82 Å². The molecule has 0 saturated heterocycles. The maximum absolute atomic E-state index is 11.8. The van der Waals surface area contributed by atoms with E-state index in [0.29, 0.717) is 11.4 Å². The number of carbonyl (C=O) groups excluding carboxylic acids is 1. The lowest BCUT2D eigenvalue weighted by atomic mass is 10.1. The summed E-state index contributed by atoms with van der Waals surface area (Å²) in [6.45, 7) is 1.93. The standard InChI is InChI=1S/C16H13N3O3/c1-11-4-6-12(7-5-11)15-18-14(22-19-15)10-21-16(20)13-3-2-8-17-9-13/h2-9H,10H2,1H3. The molecule has 0 aliphatic carbocycles. The van der Waals surface area contributed by atoms with Crippen molar-refractivity contribution in [3.8, 4) is 11.4 Å². The number of carbonyl (C=O) groups is 1. The SMILES string of the molecule is Cc1ccc(-c2noc(COC(=O)c3cccnc3)n2)cc1. The van der Waals surface area contributed by atoms with Gasteiger partial charge in [-0.15, -0.1) is 0 Å².